The van der Waals surface area contributed by atoms with Gasteiger partial charge in [0.2, 0.25) is 0 Å². The second kappa shape index (κ2) is 7.38. The number of carbonyl (C=O) groups is 1. The zero-order valence-electron chi connectivity index (χ0n) is 16.4. The Morgan fingerprint density at radius 2 is 1.70 bits per heavy atom. The molecule has 0 fully saturated rings. The number of aryl methyl sites for hydroxylation is 2. The third kappa shape index (κ3) is 3.46. The molecule has 5 rings (SSSR count). The fraction of sp³-hybridized carbons (Fsp3) is 0.182. The Morgan fingerprint density at radius 1 is 0.933 bits per heavy atom. The van der Waals surface area contributed by atoms with E-state index in [0.29, 0.717) is 35.2 Å². The van der Waals surface area contributed by atoms with Crippen LogP contribution >= 0.6 is 11.3 Å². The summed E-state index contributed by atoms with van der Waals surface area (Å²) >= 11 is 1.37. The molecule has 2 aromatic carbocycles. The molecule has 1 N–H and O–H groups in total. The summed E-state index contributed by atoms with van der Waals surface area (Å²) < 4.78 is 11.2. The standard InChI is InChI=1S/C22H18N4O3S/c1-12-13(2)24-17-9-15(3-5-16(17)23-12)21(27)26-22-25-18(11-30-22)14-4-6-19-20(10-14)29-8-7-28-19/h3-6,9-11H,7-8H2,1-2H3,(H,25,26,27). The van der Waals surface area contributed by atoms with E-state index in [1.165, 1.54) is 11.3 Å². The molecule has 0 saturated carbocycles. The van der Waals surface area contributed by atoms with Crippen LogP contribution in [0.25, 0.3) is 22.3 Å². The average Bonchev–Trinajstić information content (AvgIpc) is 3.22. The van der Waals surface area contributed by atoms with Gasteiger partial charge in [0.05, 0.1) is 28.1 Å². The summed E-state index contributed by atoms with van der Waals surface area (Å²) in [4.78, 5) is 26.3. The summed E-state index contributed by atoms with van der Waals surface area (Å²) in [6.07, 6.45) is 0. The molecule has 7 nitrogen and oxygen atoms in total. The first-order valence-corrected chi connectivity index (χ1v) is 10.4. The molecule has 2 aromatic heterocycles. The van der Waals surface area contributed by atoms with Crippen LogP contribution in [0.2, 0.25) is 0 Å². The van der Waals surface area contributed by atoms with Gasteiger partial charge in [0.1, 0.15) is 13.2 Å². The summed E-state index contributed by atoms with van der Waals surface area (Å²) in [6.45, 7) is 4.91. The van der Waals surface area contributed by atoms with Crippen molar-refractivity contribution in [2.45, 2.75) is 13.8 Å². The topological polar surface area (TPSA) is 86.2 Å². The van der Waals surface area contributed by atoms with E-state index in [1.807, 2.05) is 43.5 Å². The molecule has 0 radical (unpaired) electrons. The molecule has 1 aliphatic heterocycles. The lowest BCUT2D eigenvalue weighted by molar-refractivity contribution is 0.102. The van der Waals surface area contributed by atoms with E-state index < -0.39 is 0 Å². The van der Waals surface area contributed by atoms with Crippen molar-refractivity contribution < 1.29 is 14.3 Å². The smallest absolute Gasteiger partial charge is 0.257 e. The summed E-state index contributed by atoms with van der Waals surface area (Å²) in [5.41, 5.74) is 5.38. The summed E-state index contributed by atoms with van der Waals surface area (Å²) in [5.74, 6) is 1.21. The van der Waals surface area contributed by atoms with Gasteiger partial charge in [0.25, 0.3) is 5.91 Å². The first-order chi connectivity index (χ1) is 14.6. The Morgan fingerprint density at radius 3 is 2.53 bits per heavy atom. The monoisotopic (exact) mass is 418 g/mol. The molecule has 1 aliphatic rings. The van der Waals surface area contributed by atoms with Crippen LogP contribution in [0.1, 0.15) is 21.7 Å². The quantitative estimate of drug-likeness (QED) is 0.531. The highest BCUT2D eigenvalue weighted by molar-refractivity contribution is 7.14. The van der Waals surface area contributed by atoms with Crippen LogP contribution in [0.3, 0.4) is 0 Å². The number of hydrogen-bond donors (Lipinski definition) is 1. The number of ether oxygens (including phenoxy) is 2. The maximum atomic E-state index is 12.7. The minimum Gasteiger partial charge on any atom is -0.486 e. The highest BCUT2D eigenvalue weighted by atomic mass is 32.1. The molecular weight excluding hydrogens is 400 g/mol. The number of nitrogens with zero attached hydrogens (tertiary/aromatic N) is 3. The molecule has 0 spiro atoms. The fourth-order valence-corrected chi connectivity index (χ4v) is 3.92. The van der Waals surface area contributed by atoms with Crippen LogP contribution < -0.4 is 14.8 Å². The maximum Gasteiger partial charge on any atom is 0.257 e. The van der Waals surface area contributed by atoms with E-state index in [-0.39, 0.29) is 5.91 Å². The largest absolute Gasteiger partial charge is 0.486 e. The van der Waals surface area contributed by atoms with E-state index in [1.54, 1.807) is 12.1 Å². The molecular formula is C22H18N4O3S. The van der Waals surface area contributed by atoms with Crippen molar-refractivity contribution in [1.29, 1.82) is 0 Å². The maximum absolute atomic E-state index is 12.7. The van der Waals surface area contributed by atoms with Gasteiger partial charge in [-0.05, 0) is 50.2 Å². The van der Waals surface area contributed by atoms with Gasteiger partial charge in [-0.3, -0.25) is 10.1 Å². The van der Waals surface area contributed by atoms with Crippen LogP contribution in [0.5, 0.6) is 11.5 Å². The Labute approximate surface area is 176 Å². The van der Waals surface area contributed by atoms with Gasteiger partial charge in [-0.15, -0.1) is 11.3 Å². The third-order valence-electron chi connectivity index (χ3n) is 4.90. The normalized spacial score (nSPS) is 12.7. The molecule has 150 valence electrons. The lowest BCUT2D eigenvalue weighted by atomic mass is 10.1. The van der Waals surface area contributed by atoms with E-state index in [0.717, 1.165) is 33.9 Å². The van der Waals surface area contributed by atoms with Crippen LogP contribution in [0.15, 0.2) is 41.8 Å². The number of anilines is 1. The van der Waals surface area contributed by atoms with E-state index in [2.05, 4.69) is 20.3 Å². The van der Waals surface area contributed by atoms with Crippen LogP contribution in [-0.2, 0) is 0 Å². The fourth-order valence-electron chi connectivity index (χ4n) is 3.21. The Kier molecular flexibility index (Phi) is 4.55. The molecule has 30 heavy (non-hydrogen) atoms. The second-order valence-electron chi connectivity index (χ2n) is 6.95. The van der Waals surface area contributed by atoms with E-state index in [9.17, 15) is 4.79 Å². The van der Waals surface area contributed by atoms with Crippen LogP contribution in [0, 0.1) is 13.8 Å². The number of fused-ring (bicyclic) bond motifs is 2. The highest BCUT2D eigenvalue weighted by Crippen LogP contribution is 2.35. The Balaban J connectivity index is 1.36. The molecule has 0 atom stereocenters. The van der Waals surface area contributed by atoms with E-state index in [4.69, 9.17) is 9.47 Å². The molecule has 8 heteroatoms. The highest BCUT2D eigenvalue weighted by Gasteiger charge is 2.15. The van der Waals surface area contributed by atoms with Gasteiger partial charge in [0.15, 0.2) is 16.6 Å². The van der Waals surface area contributed by atoms with Gasteiger partial charge in [-0.25, -0.2) is 15.0 Å². The number of aromatic nitrogens is 3. The summed E-state index contributed by atoms with van der Waals surface area (Å²) in [7, 11) is 0. The number of carbonyl (C=O) groups excluding carboxylic acids is 1. The number of nitrogens with one attached hydrogen (secondary N) is 1. The average molecular weight is 418 g/mol. The molecule has 3 heterocycles. The van der Waals surface area contributed by atoms with Crippen molar-refractivity contribution in [1.82, 2.24) is 15.0 Å². The van der Waals surface area contributed by atoms with Gasteiger partial charge >= 0.3 is 0 Å². The van der Waals surface area contributed by atoms with Crippen molar-refractivity contribution in [3.05, 3.63) is 58.7 Å². The van der Waals surface area contributed by atoms with Crippen molar-refractivity contribution in [2.24, 2.45) is 0 Å². The first-order valence-electron chi connectivity index (χ1n) is 9.49. The molecule has 0 bridgehead atoms. The predicted octanol–water partition coefficient (Wildman–Crippen LogP) is 4.39. The third-order valence-corrected chi connectivity index (χ3v) is 5.66. The van der Waals surface area contributed by atoms with Crippen LogP contribution in [0.4, 0.5) is 5.13 Å². The summed E-state index contributed by atoms with van der Waals surface area (Å²) in [5, 5.41) is 5.29. The Hall–Kier alpha value is -3.52. The second-order valence-corrected chi connectivity index (χ2v) is 7.81. The van der Waals surface area contributed by atoms with Gasteiger partial charge in [-0.2, -0.15) is 0 Å². The van der Waals surface area contributed by atoms with Gasteiger partial charge < -0.3 is 9.47 Å². The van der Waals surface area contributed by atoms with Gasteiger partial charge in [0, 0.05) is 16.5 Å². The zero-order valence-corrected chi connectivity index (χ0v) is 17.2. The lowest BCUT2D eigenvalue weighted by Gasteiger charge is -2.18. The number of rotatable bonds is 3. The number of hydrogen-bond acceptors (Lipinski definition) is 7. The van der Waals surface area contributed by atoms with Crippen molar-refractivity contribution >= 4 is 33.4 Å². The minimum absolute atomic E-state index is 0.236. The van der Waals surface area contributed by atoms with E-state index >= 15 is 0 Å². The van der Waals surface area contributed by atoms with Gasteiger partial charge in [-0.1, -0.05) is 0 Å². The van der Waals surface area contributed by atoms with Crippen LogP contribution in [-0.4, -0.2) is 34.1 Å². The molecule has 0 unspecified atom stereocenters. The molecule has 0 saturated heterocycles. The molecule has 4 aromatic rings. The number of thiazole rings is 1. The number of amides is 1. The SMILES string of the molecule is Cc1nc2ccc(C(=O)Nc3nc(-c4ccc5c(c4)OCCO5)cs3)cc2nc1C. The molecule has 0 aliphatic carbocycles. The Bertz CT molecular complexity index is 1280. The zero-order chi connectivity index (χ0) is 20.7. The first kappa shape index (κ1) is 18.5. The van der Waals surface area contributed by atoms with Crippen molar-refractivity contribution in [3.63, 3.8) is 0 Å². The van der Waals surface area contributed by atoms with Crippen molar-refractivity contribution in [3.8, 4) is 22.8 Å². The minimum atomic E-state index is -0.236. The lowest BCUT2D eigenvalue weighted by Crippen LogP contribution is -2.15. The van der Waals surface area contributed by atoms with Crippen molar-refractivity contribution in [2.75, 3.05) is 18.5 Å². The molecule has 1 amide bonds. The number of benzene rings is 2. The summed E-state index contributed by atoms with van der Waals surface area (Å²) in [6, 6.07) is 11.0. The predicted molar refractivity (Wildman–Crippen MR) is 116 cm³/mol.